The van der Waals surface area contributed by atoms with E-state index in [1.165, 1.54) is 18.2 Å². The van der Waals surface area contributed by atoms with Gasteiger partial charge in [-0.1, -0.05) is 41.4 Å². The minimum absolute atomic E-state index is 0.0342. The van der Waals surface area contributed by atoms with E-state index >= 15 is 0 Å². The summed E-state index contributed by atoms with van der Waals surface area (Å²) >= 11 is 12.0. The Hall–Kier alpha value is -3.43. The Morgan fingerprint density at radius 1 is 0.970 bits per heavy atom. The molecule has 33 heavy (non-hydrogen) atoms. The summed E-state index contributed by atoms with van der Waals surface area (Å²) in [6.45, 7) is -0.295. The van der Waals surface area contributed by atoms with E-state index in [9.17, 15) is 24.3 Å². The van der Waals surface area contributed by atoms with Gasteiger partial charge in [-0.2, -0.15) is 0 Å². The van der Waals surface area contributed by atoms with E-state index in [0.29, 0.717) is 11.3 Å². The van der Waals surface area contributed by atoms with Crippen molar-refractivity contribution in [3.63, 3.8) is 0 Å². The van der Waals surface area contributed by atoms with Crippen molar-refractivity contribution in [1.29, 1.82) is 0 Å². The molecule has 0 saturated heterocycles. The van der Waals surface area contributed by atoms with E-state index in [-0.39, 0.29) is 46.7 Å². The van der Waals surface area contributed by atoms with Gasteiger partial charge in [0.25, 0.3) is 0 Å². The summed E-state index contributed by atoms with van der Waals surface area (Å²) in [6, 6.07) is 10.8. The number of nitrogens with zero attached hydrogens (tertiary/aromatic N) is 1. The third kappa shape index (κ3) is 7.89. The molecule has 0 aliphatic heterocycles. The summed E-state index contributed by atoms with van der Waals surface area (Å²) in [5.74, 6) is -4.00. The number of nitrogens with one attached hydrogen (secondary N) is 1. The normalized spacial score (nSPS) is 11.3. The zero-order valence-electron chi connectivity index (χ0n) is 17.4. The van der Waals surface area contributed by atoms with E-state index in [1.54, 1.807) is 24.3 Å². The Morgan fingerprint density at radius 3 is 2.21 bits per heavy atom. The number of aliphatic imine (C=N–C) groups is 1. The van der Waals surface area contributed by atoms with Crippen molar-refractivity contribution in [2.75, 3.05) is 6.54 Å². The number of carbonyl (C=O) groups excluding carboxylic acids is 3. The Kier molecular flexibility index (Phi) is 9.38. The Labute approximate surface area is 199 Å². The maximum absolute atomic E-state index is 12.5. The topological polar surface area (TPSA) is 165 Å². The van der Waals surface area contributed by atoms with Crippen molar-refractivity contribution in [2.24, 2.45) is 22.4 Å². The molecule has 2 aromatic carbocycles. The Balaban J connectivity index is 1.91. The highest BCUT2D eigenvalue weighted by Crippen LogP contribution is 2.26. The van der Waals surface area contributed by atoms with Crippen LogP contribution in [-0.2, 0) is 9.59 Å². The van der Waals surface area contributed by atoms with Gasteiger partial charge in [-0.15, -0.1) is 0 Å². The smallest absolute Gasteiger partial charge is 0.308 e. The molecule has 1 atom stereocenters. The molecule has 0 aromatic heterocycles. The van der Waals surface area contributed by atoms with Crippen molar-refractivity contribution in [3.05, 3.63) is 63.6 Å². The van der Waals surface area contributed by atoms with Gasteiger partial charge in [0, 0.05) is 31.4 Å². The van der Waals surface area contributed by atoms with Crippen LogP contribution in [0, 0.1) is 5.92 Å². The summed E-state index contributed by atoms with van der Waals surface area (Å²) in [6.07, 6.45) is -0.680. The van der Waals surface area contributed by atoms with E-state index in [0.717, 1.165) is 0 Å². The number of amides is 1. The Morgan fingerprint density at radius 2 is 1.61 bits per heavy atom. The lowest BCUT2D eigenvalue weighted by Crippen LogP contribution is -2.34. The second kappa shape index (κ2) is 12.0. The van der Waals surface area contributed by atoms with Gasteiger partial charge in [0.1, 0.15) is 0 Å². The van der Waals surface area contributed by atoms with Crippen LogP contribution in [0.2, 0.25) is 10.0 Å². The number of guanidine groups is 1. The zero-order valence-corrected chi connectivity index (χ0v) is 18.9. The fraction of sp³-hybridized carbons (Fsp3) is 0.227. The number of rotatable bonds is 11. The lowest BCUT2D eigenvalue weighted by molar-refractivity contribution is -0.141. The highest BCUT2D eigenvalue weighted by Gasteiger charge is 2.25. The van der Waals surface area contributed by atoms with Gasteiger partial charge in [0.2, 0.25) is 5.91 Å². The van der Waals surface area contributed by atoms with Crippen LogP contribution in [0.3, 0.4) is 0 Å². The summed E-state index contributed by atoms with van der Waals surface area (Å²) in [5, 5.41) is 12.1. The summed E-state index contributed by atoms with van der Waals surface area (Å²) in [4.78, 5) is 52.4. The van der Waals surface area contributed by atoms with Crippen LogP contribution >= 0.6 is 23.2 Å². The van der Waals surface area contributed by atoms with Crippen LogP contribution in [0.5, 0.6) is 0 Å². The predicted molar refractivity (Wildman–Crippen MR) is 125 cm³/mol. The van der Waals surface area contributed by atoms with E-state index < -0.39 is 30.0 Å². The van der Waals surface area contributed by atoms with Crippen molar-refractivity contribution in [2.45, 2.75) is 19.3 Å². The minimum atomic E-state index is -1.26. The molecule has 11 heteroatoms. The third-order valence-corrected chi connectivity index (χ3v) is 5.20. The standard InChI is InChI=1S/C22H22Cl2N4O5/c23-15-5-2-6-16(24)20(15)18(30)10-13(21(32)33)11-27-19(31)8-7-17(29)12-3-1-4-14(9-12)28-22(25)26/h1-6,9,13H,7-8,10-11H2,(H,27,31)(H,32,33)(H4,25,26,28)/t13-/m0/s1. The number of Topliss-reactive ketones (excluding diaryl/α,β-unsaturated/α-hetero) is 2. The second-order valence-electron chi connectivity index (χ2n) is 7.07. The monoisotopic (exact) mass is 492 g/mol. The molecular weight excluding hydrogens is 471 g/mol. The molecule has 0 bridgehead atoms. The lowest BCUT2D eigenvalue weighted by Gasteiger charge is -2.14. The molecule has 6 N–H and O–H groups in total. The van der Waals surface area contributed by atoms with Crippen molar-refractivity contribution < 1.29 is 24.3 Å². The lowest BCUT2D eigenvalue weighted by atomic mass is 9.98. The zero-order chi connectivity index (χ0) is 24.5. The van der Waals surface area contributed by atoms with Gasteiger partial charge in [-0.05, 0) is 24.3 Å². The fourth-order valence-corrected chi connectivity index (χ4v) is 3.54. The first-order valence-corrected chi connectivity index (χ1v) is 10.5. The predicted octanol–water partition coefficient (Wildman–Crippen LogP) is 2.95. The van der Waals surface area contributed by atoms with Crippen LogP contribution in [0.4, 0.5) is 5.69 Å². The number of ketones is 2. The molecule has 9 nitrogen and oxygen atoms in total. The van der Waals surface area contributed by atoms with Gasteiger partial charge < -0.3 is 21.9 Å². The second-order valence-corrected chi connectivity index (χ2v) is 7.89. The maximum Gasteiger partial charge on any atom is 0.308 e. The number of halogens is 2. The highest BCUT2D eigenvalue weighted by atomic mass is 35.5. The molecular formula is C22H22Cl2N4O5. The minimum Gasteiger partial charge on any atom is -0.481 e. The van der Waals surface area contributed by atoms with Crippen LogP contribution < -0.4 is 16.8 Å². The number of carboxylic acid groups (broad SMARTS) is 1. The molecule has 0 aliphatic carbocycles. The van der Waals surface area contributed by atoms with Crippen LogP contribution in [-0.4, -0.2) is 41.1 Å². The van der Waals surface area contributed by atoms with E-state index in [2.05, 4.69) is 10.3 Å². The average molecular weight is 493 g/mol. The first kappa shape index (κ1) is 25.8. The fourth-order valence-electron chi connectivity index (χ4n) is 2.93. The average Bonchev–Trinajstić information content (AvgIpc) is 2.74. The summed E-state index contributed by atoms with van der Waals surface area (Å²) in [5.41, 5.74) is 11.4. The summed E-state index contributed by atoms with van der Waals surface area (Å²) < 4.78 is 0. The van der Waals surface area contributed by atoms with Gasteiger partial charge in [-0.3, -0.25) is 19.2 Å². The third-order valence-electron chi connectivity index (χ3n) is 4.57. The molecule has 0 saturated carbocycles. The Bertz CT molecular complexity index is 1080. The number of hydrogen-bond donors (Lipinski definition) is 4. The number of nitrogens with two attached hydrogens (primary N) is 2. The first-order chi connectivity index (χ1) is 15.6. The molecule has 2 rings (SSSR count). The van der Waals surface area contributed by atoms with Gasteiger partial charge in [-0.25, -0.2) is 4.99 Å². The molecule has 1 amide bonds. The van der Waals surface area contributed by atoms with Crippen molar-refractivity contribution in [3.8, 4) is 0 Å². The molecule has 0 fully saturated rings. The molecule has 0 spiro atoms. The molecule has 174 valence electrons. The van der Waals surface area contributed by atoms with E-state index in [1.807, 2.05) is 0 Å². The molecule has 0 aliphatic rings. The van der Waals surface area contributed by atoms with E-state index in [4.69, 9.17) is 34.7 Å². The molecule has 2 aromatic rings. The van der Waals surface area contributed by atoms with Gasteiger partial charge >= 0.3 is 5.97 Å². The highest BCUT2D eigenvalue weighted by molar-refractivity contribution is 6.39. The summed E-state index contributed by atoms with van der Waals surface area (Å²) in [7, 11) is 0. The van der Waals surface area contributed by atoms with Crippen molar-refractivity contribution in [1.82, 2.24) is 5.32 Å². The van der Waals surface area contributed by atoms with Gasteiger partial charge in [0.15, 0.2) is 17.5 Å². The van der Waals surface area contributed by atoms with Crippen LogP contribution in [0.1, 0.15) is 40.0 Å². The number of carbonyl (C=O) groups is 4. The number of benzene rings is 2. The van der Waals surface area contributed by atoms with Crippen LogP contribution in [0.15, 0.2) is 47.5 Å². The number of hydrogen-bond acceptors (Lipinski definition) is 5. The maximum atomic E-state index is 12.5. The van der Waals surface area contributed by atoms with Gasteiger partial charge in [0.05, 0.1) is 27.2 Å². The SMILES string of the molecule is NC(N)=Nc1cccc(C(=O)CCC(=O)NC[C@H](CC(=O)c2c(Cl)cccc2Cl)C(=O)O)c1. The number of carboxylic acids is 1. The van der Waals surface area contributed by atoms with Crippen LogP contribution in [0.25, 0.3) is 0 Å². The number of aliphatic carboxylic acids is 1. The largest absolute Gasteiger partial charge is 0.481 e. The molecule has 0 heterocycles. The quantitative estimate of drug-likeness (QED) is 0.212. The first-order valence-electron chi connectivity index (χ1n) is 9.78. The van der Waals surface area contributed by atoms with Crippen molar-refractivity contribution >= 4 is 58.3 Å². The molecule has 0 radical (unpaired) electrons. The molecule has 0 unspecified atom stereocenters.